The average Bonchev–Trinajstić information content (AvgIpc) is 4.04. The molecular formula is C62H39N. The molecule has 0 saturated carbocycles. The molecule has 14 rings (SSSR count). The summed E-state index contributed by atoms with van der Waals surface area (Å²) in [4.78, 5) is 2.43. The molecule has 0 N–H and O–H groups in total. The van der Waals surface area contributed by atoms with E-state index in [2.05, 4.69) is 241 Å². The van der Waals surface area contributed by atoms with Gasteiger partial charge in [0.2, 0.25) is 0 Å². The highest BCUT2D eigenvalue weighted by Gasteiger charge is 2.53. The fraction of sp³-hybridized carbons (Fsp3) is 0.0323. The van der Waals surface area contributed by atoms with Crippen molar-refractivity contribution in [2.24, 2.45) is 0 Å². The van der Waals surface area contributed by atoms with E-state index < -0.39 is 5.41 Å². The molecule has 1 nitrogen and oxygen atoms in total. The lowest BCUT2D eigenvalue weighted by Gasteiger charge is -2.32. The smallest absolute Gasteiger partial charge is 0.0726 e. The summed E-state index contributed by atoms with van der Waals surface area (Å²) in [6.45, 7) is 0. The van der Waals surface area contributed by atoms with Gasteiger partial charge >= 0.3 is 0 Å². The van der Waals surface area contributed by atoms with E-state index in [-0.39, 0.29) is 5.41 Å². The van der Waals surface area contributed by atoms with Gasteiger partial charge in [-0.3, -0.25) is 0 Å². The van der Waals surface area contributed by atoms with Crippen molar-refractivity contribution in [3.63, 3.8) is 0 Å². The lowest BCUT2D eigenvalue weighted by atomic mass is 9.70. The van der Waals surface area contributed by atoms with Gasteiger partial charge in [-0.05, 0) is 137 Å². The summed E-state index contributed by atoms with van der Waals surface area (Å²) in [5.74, 6) is 0. The van der Waals surface area contributed by atoms with Crippen molar-refractivity contribution in [1.82, 2.24) is 0 Å². The van der Waals surface area contributed by atoms with Gasteiger partial charge in [0.1, 0.15) is 0 Å². The Labute approximate surface area is 367 Å². The molecule has 10 aromatic carbocycles. The third-order valence-electron chi connectivity index (χ3n) is 14.7. The van der Waals surface area contributed by atoms with Gasteiger partial charge in [0.05, 0.1) is 10.8 Å². The molecule has 0 aromatic heterocycles. The number of anilines is 3. The maximum atomic E-state index is 2.48. The van der Waals surface area contributed by atoms with E-state index in [1.54, 1.807) is 0 Å². The monoisotopic (exact) mass is 797 g/mol. The Kier molecular flexibility index (Phi) is 7.03. The van der Waals surface area contributed by atoms with Crippen LogP contribution in [0.5, 0.6) is 0 Å². The quantitative estimate of drug-likeness (QED) is 0.171. The van der Waals surface area contributed by atoms with Crippen LogP contribution in [0, 0.1) is 0 Å². The van der Waals surface area contributed by atoms with Gasteiger partial charge in [-0.1, -0.05) is 200 Å². The van der Waals surface area contributed by atoms with Crippen molar-refractivity contribution in [2.75, 3.05) is 4.90 Å². The average molecular weight is 798 g/mol. The molecule has 0 unspecified atom stereocenters. The first-order chi connectivity index (χ1) is 31.3. The van der Waals surface area contributed by atoms with Crippen LogP contribution in [0.25, 0.3) is 55.6 Å². The predicted molar refractivity (Wildman–Crippen MR) is 259 cm³/mol. The van der Waals surface area contributed by atoms with Gasteiger partial charge < -0.3 is 4.90 Å². The minimum absolute atomic E-state index is 0.371. The zero-order chi connectivity index (χ0) is 41.3. The van der Waals surface area contributed by atoms with Crippen LogP contribution in [-0.4, -0.2) is 0 Å². The first kappa shape index (κ1) is 34.7. The van der Waals surface area contributed by atoms with Crippen LogP contribution in [0.1, 0.15) is 44.5 Å². The van der Waals surface area contributed by atoms with E-state index in [0.29, 0.717) is 0 Å². The number of benzene rings is 10. The van der Waals surface area contributed by atoms with Gasteiger partial charge in [0, 0.05) is 17.1 Å². The van der Waals surface area contributed by atoms with Crippen molar-refractivity contribution < 1.29 is 0 Å². The fourth-order valence-electron chi connectivity index (χ4n) is 12.4. The Bertz CT molecular complexity index is 3410. The maximum Gasteiger partial charge on any atom is 0.0726 e. The van der Waals surface area contributed by atoms with Crippen molar-refractivity contribution in [1.29, 1.82) is 0 Å². The van der Waals surface area contributed by atoms with Gasteiger partial charge in [0.15, 0.2) is 0 Å². The normalized spacial score (nSPS) is 14.3. The minimum atomic E-state index is -0.414. The first-order valence-corrected chi connectivity index (χ1v) is 22.1. The second kappa shape index (κ2) is 12.8. The number of fused-ring (bicyclic) bond motifs is 20. The molecule has 0 radical (unpaired) electrons. The molecule has 0 amide bonds. The summed E-state index contributed by atoms with van der Waals surface area (Å²) in [6, 6.07) is 88.6. The molecule has 0 saturated heterocycles. The topological polar surface area (TPSA) is 3.24 Å². The van der Waals surface area contributed by atoms with Crippen LogP contribution in [0.15, 0.2) is 237 Å². The SMILES string of the molecule is c1ccc(N(c2ccc(-c3cccc4c3-c3ccccc3C43c4ccccc4-c4ccccc43)cc2)c2ccc3c(c2)C2(c4ccccc4-c4ccccc42)c2ccccc2-3)cc1. The third kappa shape index (κ3) is 4.36. The summed E-state index contributed by atoms with van der Waals surface area (Å²) in [6.07, 6.45) is 0. The second-order valence-corrected chi connectivity index (χ2v) is 17.4. The van der Waals surface area contributed by atoms with E-state index in [0.717, 1.165) is 17.1 Å². The number of hydrogen-bond donors (Lipinski definition) is 0. The standard InChI is InChI=1S/C62H39N/c1-2-17-41(18-3-1)63(43-37-38-50-49-23-8-14-30-56(49)62(59(50)39-43)54-28-12-6-21-47(54)48-22-7-13-29-55(48)62)42-35-33-40(34-36-42)44-25-16-32-58-60(44)51-24-9-15-31-57(51)61(58)52-26-10-4-19-45(52)46-20-5-11-27-53(46)61/h1-39H. The third-order valence-corrected chi connectivity index (χ3v) is 14.7. The summed E-state index contributed by atoms with van der Waals surface area (Å²) >= 11 is 0. The molecular weight excluding hydrogens is 759 g/mol. The number of para-hydroxylation sites is 1. The molecule has 1 heteroatoms. The van der Waals surface area contributed by atoms with E-state index in [9.17, 15) is 0 Å². The minimum Gasteiger partial charge on any atom is -0.310 e. The van der Waals surface area contributed by atoms with Gasteiger partial charge in [-0.15, -0.1) is 0 Å². The Hall–Kier alpha value is -8.00. The largest absolute Gasteiger partial charge is 0.310 e. The van der Waals surface area contributed by atoms with Crippen LogP contribution in [0.3, 0.4) is 0 Å². The van der Waals surface area contributed by atoms with E-state index in [1.165, 1.54) is 100 Å². The van der Waals surface area contributed by atoms with Gasteiger partial charge in [0.25, 0.3) is 0 Å². The van der Waals surface area contributed by atoms with E-state index >= 15 is 0 Å². The van der Waals surface area contributed by atoms with Crippen LogP contribution < -0.4 is 4.90 Å². The molecule has 0 aliphatic heterocycles. The zero-order valence-electron chi connectivity index (χ0n) is 34.5. The Balaban J connectivity index is 0.940. The molecule has 292 valence electrons. The lowest BCUT2D eigenvalue weighted by molar-refractivity contribution is 0.793. The highest BCUT2D eigenvalue weighted by atomic mass is 15.1. The molecule has 2 spiro atoms. The maximum absolute atomic E-state index is 2.48. The van der Waals surface area contributed by atoms with Crippen LogP contribution in [-0.2, 0) is 10.8 Å². The molecule has 0 heterocycles. The molecule has 4 aliphatic rings. The summed E-state index contributed by atoms with van der Waals surface area (Å²) in [5, 5.41) is 0. The molecule has 0 fully saturated rings. The van der Waals surface area contributed by atoms with Crippen molar-refractivity contribution in [2.45, 2.75) is 10.8 Å². The highest BCUT2D eigenvalue weighted by Crippen LogP contribution is 2.65. The van der Waals surface area contributed by atoms with Crippen LogP contribution in [0.2, 0.25) is 0 Å². The summed E-state index contributed by atoms with van der Waals surface area (Å²) in [7, 11) is 0. The van der Waals surface area contributed by atoms with Crippen molar-refractivity contribution >= 4 is 17.1 Å². The van der Waals surface area contributed by atoms with Crippen molar-refractivity contribution in [3.8, 4) is 55.6 Å². The Morgan fingerprint density at radius 3 is 1.08 bits per heavy atom. The molecule has 63 heavy (non-hydrogen) atoms. The second-order valence-electron chi connectivity index (χ2n) is 17.4. The molecule has 10 aromatic rings. The number of nitrogens with zero attached hydrogens (tertiary/aromatic N) is 1. The van der Waals surface area contributed by atoms with E-state index in [4.69, 9.17) is 0 Å². The lowest BCUT2D eigenvalue weighted by Crippen LogP contribution is -2.26. The van der Waals surface area contributed by atoms with Crippen molar-refractivity contribution in [3.05, 3.63) is 281 Å². The summed E-state index contributed by atoms with van der Waals surface area (Å²) in [5.41, 5.74) is 26.4. The zero-order valence-corrected chi connectivity index (χ0v) is 34.5. The first-order valence-electron chi connectivity index (χ1n) is 22.1. The van der Waals surface area contributed by atoms with Crippen LogP contribution in [0.4, 0.5) is 17.1 Å². The summed E-state index contributed by atoms with van der Waals surface area (Å²) < 4.78 is 0. The number of rotatable bonds is 4. The van der Waals surface area contributed by atoms with Gasteiger partial charge in [-0.25, -0.2) is 0 Å². The Morgan fingerprint density at radius 2 is 0.571 bits per heavy atom. The molecule has 0 atom stereocenters. The van der Waals surface area contributed by atoms with Gasteiger partial charge in [-0.2, -0.15) is 0 Å². The Morgan fingerprint density at radius 1 is 0.222 bits per heavy atom. The predicted octanol–water partition coefficient (Wildman–Crippen LogP) is 15.5. The fourth-order valence-corrected chi connectivity index (χ4v) is 12.4. The highest BCUT2D eigenvalue weighted by molar-refractivity contribution is 6.01. The molecule has 4 aliphatic carbocycles. The molecule has 0 bridgehead atoms. The van der Waals surface area contributed by atoms with Crippen LogP contribution >= 0.6 is 0 Å². The number of hydrogen-bond acceptors (Lipinski definition) is 1. The van der Waals surface area contributed by atoms with E-state index in [1.807, 2.05) is 0 Å².